The van der Waals surface area contributed by atoms with Crippen molar-refractivity contribution in [1.82, 2.24) is 0 Å². The smallest absolute Gasteiger partial charge is 0.463 e. The fourth-order valence-corrected chi connectivity index (χ4v) is 9.24. The minimum Gasteiger partial charge on any atom is -0.463 e. The van der Waals surface area contributed by atoms with Crippen LogP contribution >= 0.6 is 15.6 Å². The summed E-state index contributed by atoms with van der Waals surface area (Å²) in [7, 11) is -9.58. The van der Waals surface area contributed by atoms with Crippen LogP contribution in [0.2, 0.25) is 0 Å². The molecule has 0 spiro atoms. The predicted octanol–water partition coefficient (Wildman–Crippen LogP) is 14.2. The van der Waals surface area contributed by atoms with Crippen LogP contribution < -0.4 is 0 Å². The van der Waals surface area contributed by atoms with Crippen LogP contribution in [0, 0.1) is 0 Å². The van der Waals surface area contributed by atoms with Gasteiger partial charge in [0.05, 0.1) is 26.4 Å². The van der Waals surface area contributed by atoms with E-state index in [0.29, 0.717) is 12.8 Å². The Bertz CT molecular complexity index is 1430. The summed E-state index contributed by atoms with van der Waals surface area (Å²) in [6.07, 6.45) is 49.8. The van der Waals surface area contributed by atoms with Crippen molar-refractivity contribution < 1.29 is 71.4 Å². The first-order valence-corrected chi connectivity index (χ1v) is 31.3. The number of phosphoric ester groups is 2. The molecule has 5 atom stereocenters. The van der Waals surface area contributed by atoms with Crippen LogP contribution in [0.1, 0.15) is 245 Å². The number of unbranched alkanes of at least 4 members (excludes halogenated alkanes) is 29. The first kappa shape index (κ1) is 70.3. The molecule has 17 heteroatoms. The van der Waals surface area contributed by atoms with Gasteiger partial charge in [-0.15, -0.1) is 0 Å². The monoisotopic (exact) mass is 1070 g/mol. The Morgan fingerprint density at radius 2 is 0.597 bits per heavy atom. The number of hydrogen-bond donors (Lipinski definition) is 5. The van der Waals surface area contributed by atoms with Crippen LogP contribution in [0.5, 0.6) is 0 Å². The Balaban J connectivity index is 3.81. The Morgan fingerprint density at radius 3 is 0.917 bits per heavy atom. The summed E-state index contributed by atoms with van der Waals surface area (Å²) in [6.45, 7) is 0.437. The van der Waals surface area contributed by atoms with E-state index in [2.05, 4.69) is 59.4 Å². The maximum absolute atomic E-state index is 12.2. The molecule has 0 rings (SSSR count). The average molecular weight is 1070 g/mol. The number of carbonyl (C=O) groups excluding carboxylic acids is 2. The zero-order valence-electron chi connectivity index (χ0n) is 45.1. The lowest BCUT2D eigenvalue weighted by Gasteiger charge is -2.19. The summed E-state index contributed by atoms with van der Waals surface area (Å²) in [4.78, 5) is 43.9. The first-order chi connectivity index (χ1) is 34.8. The number of aliphatic hydroxyl groups excluding tert-OH is 3. The standard InChI is InChI=1S/C55H104O15P2/c1-3-5-7-9-11-13-15-17-19-21-23-24-26-28-30-32-34-36-38-40-42-44-55(60)66-46-52(57)48-68-72(63,64)70-50-53(58)49-69-71(61,62)67-47-51(56)45-65-54(59)43-41-39-37-35-33-31-29-27-25-22-20-18-16-14-12-10-8-6-4-2/h12,14,17-20,51-53,56-58H,3-11,13,15-16,21-50H2,1-2H3,(H,61,62)(H,63,64)/b14-12-,19-17+,20-18-. The molecule has 0 aliphatic heterocycles. The van der Waals surface area contributed by atoms with Crippen LogP contribution in [0.4, 0.5) is 0 Å². The van der Waals surface area contributed by atoms with Crippen molar-refractivity contribution in [2.75, 3.05) is 39.6 Å². The molecule has 15 nitrogen and oxygen atoms in total. The summed E-state index contributed by atoms with van der Waals surface area (Å²) in [5.41, 5.74) is 0. The molecule has 72 heavy (non-hydrogen) atoms. The van der Waals surface area contributed by atoms with Gasteiger partial charge in [-0.1, -0.05) is 198 Å². The van der Waals surface area contributed by atoms with Gasteiger partial charge in [0.25, 0.3) is 0 Å². The van der Waals surface area contributed by atoms with E-state index in [4.69, 9.17) is 18.5 Å². The van der Waals surface area contributed by atoms with Crippen molar-refractivity contribution in [3.8, 4) is 0 Å². The topological polar surface area (TPSA) is 225 Å². The second-order valence-corrected chi connectivity index (χ2v) is 22.2. The average Bonchev–Trinajstić information content (AvgIpc) is 3.36. The van der Waals surface area contributed by atoms with Crippen LogP contribution in [-0.4, -0.2) is 95.0 Å². The Hall–Kier alpha value is -1.74. The van der Waals surface area contributed by atoms with Gasteiger partial charge in [-0.25, -0.2) is 9.13 Å². The second-order valence-electron chi connectivity index (χ2n) is 19.3. The number of esters is 2. The molecule has 5 unspecified atom stereocenters. The van der Waals surface area contributed by atoms with E-state index in [9.17, 15) is 43.8 Å². The highest BCUT2D eigenvalue weighted by molar-refractivity contribution is 7.47. The molecule has 0 aromatic heterocycles. The molecule has 0 saturated carbocycles. The van der Waals surface area contributed by atoms with Gasteiger partial charge in [-0.2, -0.15) is 0 Å². The maximum Gasteiger partial charge on any atom is 0.472 e. The van der Waals surface area contributed by atoms with E-state index in [1.54, 1.807) is 0 Å². The third-order valence-corrected chi connectivity index (χ3v) is 14.0. The lowest BCUT2D eigenvalue weighted by Crippen LogP contribution is -2.25. The summed E-state index contributed by atoms with van der Waals surface area (Å²) in [6, 6.07) is 0. The largest absolute Gasteiger partial charge is 0.472 e. The molecule has 0 heterocycles. The summed E-state index contributed by atoms with van der Waals surface area (Å²) in [5.74, 6) is -0.993. The van der Waals surface area contributed by atoms with Crippen molar-refractivity contribution in [3.63, 3.8) is 0 Å². The van der Waals surface area contributed by atoms with Crippen molar-refractivity contribution in [3.05, 3.63) is 36.5 Å². The normalized spacial score (nSPS) is 15.0. The molecule has 0 amide bonds. The molecule has 424 valence electrons. The molecule has 0 aliphatic carbocycles. The number of ether oxygens (including phenoxy) is 2. The number of rotatable bonds is 55. The highest BCUT2D eigenvalue weighted by Crippen LogP contribution is 2.45. The van der Waals surface area contributed by atoms with Crippen molar-refractivity contribution in [2.45, 2.75) is 263 Å². The molecule has 0 aromatic rings. The van der Waals surface area contributed by atoms with Crippen molar-refractivity contribution >= 4 is 27.6 Å². The maximum atomic E-state index is 12.2. The second kappa shape index (κ2) is 51.4. The van der Waals surface area contributed by atoms with E-state index in [-0.39, 0.29) is 12.8 Å². The van der Waals surface area contributed by atoms with Crippen LogP contribution in [0.15, 0.2) is 36.5 Å². The highest BCUT2D eigenvalue weighted by Gasteiger charge is 2.28. The minimum atomic E-state index is -4.79. The minimum absolute atomic E-state index is 0.192. The van der Waals surface area contributed by atoms with Crippen LogP contribution in [0.3, 0.4) is 0 Å². The van der Waals surface area contributed by atoms with Crippen LogP contribution in [-0.2, 0) is 46.3 Å². The third kappa shape index (κ3) is 53.1. The van der Waals surface area contributed by atoms with Gasteiger partial charge >= 0.3 is 27.6 Å². The number of carbonyl (C=O) groups is 2. The summed E-state index contributed by atoms with van der Waals surface area (Å²) >= 11 is 0. The number of hydrogen-bond acceptors (Lipinski definition) is 13. The molecule has 0 aliphatic rings. The molecular weight excluding hydrogens is 963 g/mol. The van der Waals surface area contributed by atoms with E-state index in [1.807, 2.05) is 0 Å². The number of phosphoric acid groups is 2. The highest BCUT2D eigenvalue weighted by atomic mass is 31.2. The van der Waals surface area contributed by atoms with Gasteiger partial charge in [-0.3, -0.25) is 27.7 Å². The van der Waals surface area contributed by atoms with E-state index < -0.39 is 85.5 Å². The Morgan fingerprint density at radius 1 is 0.361 bits per heavy atom. The number of allylic oxidation sites excluding steroid dienone is 6. The van der Waals surface area contributed by atoms with Gasteiger partial charge in [0.1, 0.15) is 31.5 Å². The van der Waals surface area contributed by atoms with Crippen molar-refractivity contribution in [1.29, 1.82) is 0 Å². The van der Waals surface area contributed by atoms with Gasteiger partial charge in [0.15, 0.2) is 0 Å². The summed E-state index contributed by atoms with van der Waals surface area (Å²) < 4.78 is 53.2. The molecule has 5 N–H and O–H groups in total. The SMILES string of the molecule is CCCCC/C=C\C/C=C\CCCCCCCCCCCC(=O)OCC(O)COP(=O)(O)OCC(O)COP(=O)(O)OCC(O)COC(=O)CCCCCCCCCCCCC/C=C/CCCCCCCC. The fraction of sp³-hybridized carbons (Fsp3) is 0.855. The molecule has 0 aromatic carbocycles. The van der Waals surface area contributed by atoms with Gasteiger partial charge in [0.2, 0.25) is 0 Å². The Labute approximate surface area is 436 Å². The van der Waals surface area contributed by atoms with Crippen molar-refractivity contribution in [2.24, 2.45) is 0 Å². The lowest BCUT2D eigenvalue weighted by molar-refractivity contribution is -0.148. The lowest BCUT2D eigenvalue weighted by atomic mass is 10.0. The van der Waals surface area contributed by atoms with Gasteiger partial charge in [0, 0.05) is 12.8 Å². The van der Waals surface area contributed by atoms with Gasteiger partial charge < -0.3 is 34.6 Å². The van der Waals surface area contributed by atoms with E-state index in [0.717, 1.165) is 51.4 Å². The fourth-order valence-electron chi connectivity index (χ4n) is 7.65. The molecule has 0 fully saturated rings. The molecule has 0 saturated heterocycles. The zero-order valence-corrected chi connectivity index (χ0v) is 46.9. The molecule has 0 bridgehead atoms. The predicted molar refractivity (Wildman–Crippen MR) is 288 cm³/mol. The Kier molecular flexibility index (Phi) is 50.1. The van der Waals surface area contributed by atoms with Gasteiger partial charge in [-0.05, 0) is 70.6 Å². The first-order valence-electron chi connectivity index (χ1n) is 28.3. The van der Waals surface area contributed by atoms with Crippen LogP contribution in [0.25, 0.3) is 0 Å². The third-order valence-electron chi connectivity index (χ3n) is 12.1. The zero-order chi connectivity index (χ0) is 53.1. The number of aliphatic hydroxyl groups is 3. The molecular formula is C55H104O15P2. The molecule has 0 radical (unpaired) electrons. The quantitative estimate of drug-likeness (QED) is 0.0165. The summed E-state index contributed by atoms with van der Waals surface area (Å²) in [5, 5.41) is 30.1. The van der Waals surface area contributed by atoms with E-state index >= 15 is 0 Å². The van der Waals surface area contributed by atoms with E-state index in [1.165, 1.54) is 154 Å².